The average Bonchev–Trinajstić information content (AvgIpc) is 2.38. The van der Waals surface area contributed by atoms with Gasteiger partial charge in [-0.05, 0) is 36.4 Å². The first-order valence-electron chi connectivity index (χ1n) is 5.32. The third kappa shape index (κ3) is 3.59. The topological polar surface area (TPSA) is 26.3 Å². The lowest BCUT2D eigenvalue weighted by Crippen LogP contribution is -2.11. The van der Waals surface area contributed by atoms with Crippen LogP contribution < -0.4 is 4.74 Å². The van der Waals surface area contributed by atoms with Crippen molar-refractivity contribution in [1.82, 2.24) is 0 Å². The molecular formula is C14H10BrClO2. The monoisotopic (exact) mass is 324 g/mol. The van der Waals surface area contributed by atoms with Gasteiger partial charge in [-0.25, -0.2) is 0 Å². The summed E-state index contributed by atoms with van der Waals surface area (Å²) < 4.78 is 6.37. The summed E-state index contributed by atoms with van der Waals surface area (Å²) in [4.78, 5) is 11.8. The van der Waals surface area contributed by atoms with E-state index in [4.69, 9.17) is 16.3 Å². The molecule has 0 spiro atoms. The Morgan fingerprint density at radius 3 is 2.56 bits per heavy atom. The van der Waals surface area contributed by atoms with Crippen molar-refractivity contribution in [2.45, 2.75) is 0 Å². The summed E-state index contributed by atoms with van der Waals surface area (Å²) in [6, 6.07) is 14.2. The van der Waals surface area contributed by atoms with E-state index in [-0.39, 0.29) is 12.4 Å². The van der Waals surface area contributed by atoms with Gasteiger partial charge >= 0.3 is 0 Å². The van der Waals surface area contributed by atoms with Crippen molar-refractivity contribution in [1.29, 1.82) is 0 Å². The summed E-state index contributed by atoms with van der Waals surface area (Å²) in [6.45, 7) is 0.00196. The van der Waals surface area contributed by atoms with E-state index in [9.17, 15) is 4.79 Å². The van der Waals surface area contributed by atoms with Gasteiger partial charge in [-0.3, -0.25) is 4.79 Å². The van der Waals surface area contributed by atoms with Gasteiger partial charge in [-0.15, -0.1) is 0 Å². The highest BCUT2D eigenvalue weighted by Crippen LogP contribution is 2.17. The van der Waals surface area contributed by atoms with Crippen LogP contribution in [-0.2, 0) is 0 Å². The molecule has 0 heterocycles. The lowest BCUT2D eigenvalue weighted by atomic mass is 10.1. The molecular weight excluding hydrogens is 316 g/mol. The fourth-order valence-electron chi connectivity index (χ4n) is 1.42. The van der Waals surface area contributed by atoms with Crippen LogP contribution in [0.25, 0.3) is 0 Å². The maximum absolute atomic E-state index is 11.8. The van der Waals surface area contributed by atoms with Gasteiger partial charge in [0, 0.05) is 15.1 Å². The molecule has 0 aromatic heterocycles. The van der Waals surface area contributed by atoms with E-state index >= 15 is 0 Å². The summed E-state index contributed by atoms with van der Waals surface area (Å²) in [7, 11) is 0. The molecule has 0 fully saturated rings. The molecule has 2 aromatic rings. The molecule has 0 saturated heterocycles. The fourth-order valence-corrected chi connectivity index (χ4v) is 1.88. The second kappa shape index (κ2) is 6.03. The second-order valence-electron chi connectivity index (χ2n) is 3.68. The van der Waals surface area contributed by atoms with Crippen LogP contribution in [0.15, 0.2) is 53.0 Å². The first-order chi connectivity index (χ1) is 8.65. The Morgan fingerprint density at radius 1 is 1.17 bits per heavy atom. The molecule has 18 heavy (non-hydrogen) atoms. The standard InChI is InChI=1S/C14H10BrClO2/c15-11-4-6-13(7-5-11)18-9-14(17)10-2-1-3-12(16)8-10/h1-8H,9H2. The van der Waals surface area contributed by atoms with Crippen LogP contribution in [0.3, 0.4) is 0 Å². The van der Waals surface area contributed by atoms with E-state index in [0.717, 1.165) is 4.47 Å². The molecule has 0 saturated carbocycles. The van der Waals surface area contributed by atoms with Crippen LogP contribution in [0.2, 0.25) is 5.02 Å². The van der Waals surface area contributed by atoms with E-state index in [1.54, 1.807) is 36.4 Å². The number of benzene rings is 2. The molecule has 0 aliphatic heterocycles. The third-order valence-electron chi connectivity index (χ3n) is 2.33. The summed E-state index contributed by atoms with van der Waals surface area (Å²) in [5.74, 6) is 0.564. The Labute approximate surface area is 119 Å². The molecule has 2 rings (SSSR count). The number of carbonyl (C=O) groups is 1. The van der Waals surface area contributed by atoms with Gasteiger partial charge in [0.1, 0.15) is 5.75 Å². The summed E-state index contributed by atoms with van der Waals surface area (Å²) in [5.41, 5.74) is 0.555. The fraction of sp³-hybridized carbons (Fsp3) is 0.0714. The number of ether oxygens (including phenoxy) is 1. The first kappa shape index (κ1) is 13.1. The first-order valence-corrected chi connectivity index (χ1v) is 6.49. The van der Waals surface area contributed by atoms with Crippen molar-refractivity contribution in [3.63, 3.8) is 0 Å². The van der Waals surface area contributed by atoms with Crippen LogP contribution in [0, 0.1) is 0 Å². The predicted octanol–water partition coefficient (Wildman–Crippen LogP) is 4.36. The van der Waals surface area contributed by atoms with Crippen molar-refractivity contribution in [2.24, 2.45) is 0 Å². The van der Waals surface area contributed by atoms with Crippen LogP contribution in [-0.4, -0.2) is 12.4 Å². The number of halogens is 2. The molecule has 0 atom stereocenters. The van der Waals surface area contributed by atoms with Gasteiger partial charge < -0.3 is 4.74 Å². The normalized spacial score (nSPS) is 10.1. The lowest BCUT2D eigenvalue weighted by Gasteiger charge is -2.05. The zero-order valence-electron chi connectivity index (χ0n) is 9.40. The Morgan fingerprint density at radius 2 is 1.89 bits per heavy atom. The molecule has 2 nitrogen and oxygen atoms in total. The number of carbonyl (C=O) groups excluding carboxylic acids is 1. The second-order valence-corrected chi connectivity index (χ2v) is 5.03. The quantitative estimate of drug-likeness (QED) is 0.781. The largest absolute Gasteiger partial charge is 0.485 e. The minimum atomic E-state index is -0.0968. The van der Waals surface area contributed by atoms with Gasteiger partial charge in [0.05, 0.1) is 0 Å². The zero-order valence-corrected chi connectivity index (χ0v) is 11.7. The van der Waals surface area contributed by atoms with E-state index in [2.05, 4.69) is 15.9 Å². The van der Waals surface area contributed by atoms with Crippen molar-refractivity contribution in [3.8, 4) is 5.75 Å². The smallest absolute Gasteiger partial charge is 0.200 e. The van der Waals surface area contributed by atoms with Gasteiger partial charge in [0.15, 0.2) is 12.4 Å². The summed E-state index contributed by atoms with van der Waals surface area (Å²) in [5, 5.41) is 0.546. The lowest BCUT2D eigenvalue weighted by molar-refractivity contribution is 0.0921. The number of Topliss-reactive ketones (excluding diaryl/α,β-unsaturated/α-hetero) is 1. The summed E-state index contributed by atoms with van der Waals surface area (Å²) in [6.07, 6.45) is 0. The molecule has 0 amide bonds. The molecule has 2 aromatic carbocycles. The van der Waals surface area contributed by atoms with Crippen LogP contribution in [0.1, 0.15) is 10.4 Å². The molecule has 0 bridgehead atoms. The minimum absolute atomic E-state index is 0.00196. The predicted molar refractivity (Wildman–Crippen MR) is 75.4 cm³/mol. The van der Waals surface area contributed by atoms with Crippen LogP contribution in [0.5, 0.6) is 5.75 Å². The molecule has 0 radical (unpaired) electrons. The third-order valence-corrected chi connectivity index (χ3v) is 3.09. The molecule has 92 valence electrons. The molecule has 0 unspecified atom stereocenters. The highest BCUT2D eigenvalue weighted by molar-refractivity contribution is 9.10. The van der Waals surface area contributed by atoms with Crippen molar-refractivity contribution in [2.75, 3.05) is 6.61 Å². The van der Waals surface area contributed by atoms with E-state index < -0.39 is 0 Å². The van der Waals surface area contributed by atoms with E-state index in [0.29, 0.717) is 16.3 Å². The SMILES string of the molecule is O=C(COc1ccc(Br)cc1)c1cccc(Cl)c1. The van der Waals surface area contributed by atoms with Gasteiger partial charge in [-0.1, -0.05) is 39.7 Å². The Balaban J connectivity index is 1.98. The number of rotatable bonds is 4. The highest BCUT2D eigenvalue weighted by atomic mass is 79.9. The zero-order chi connectivity index (χ0) is 13.0. The van der Waals surface area contributed by atoms with E-state index in [1.165, 1.54) is 0 Å². The number of hydrogen-bond donors (Lipinski definition) is 0. The highest BCUT2D eigenvalue weighted by Gasteiger charge is 2.07. The maximum atomic E-state index is 11.8. The Kier molecular flexibility index (Phi) is 4.39. The molecule has 4 heteroatoms. The van der Waals surface area contributed by atoms with Crippen molar-refractivity contribution in [3.05, 3.63) is 63.6 Å². The van der Waals surface area contributed by atoms with Crippen molar-refractivity contribution < 1.29 is 9.53 Å². The van der Waals surface area contributed by atoms with Gasteiger partial charge in [0.2, 0.25) is 0 Å². The molecule has 0 aliphatic carbocycles. The number of ketones is 1. The van der Waals surface area contributed by atoms with Gasteiger partial charge in [0.25, 0.3) is 0 Å². The summed E-state index contributed by atoms with van der Waals surface area (Å²) >= 11 is 9.16. The van der Waals surface area contributed by atoms with Crippen LogP contribution in [0.4, 0.5) is 0 Å². The van der Waals surface area contributed by atoms with E-state index in [1.807, 2.05) is 12.1 Å². The maximum Gasteiger partial charge on any atom is 0.200 e. The molecule has 0 N–H and O–H groups in total. The van der Waals surface area contributed by atoms with Gasteiger partial charge in [-0.2, -0.15) is 0 Å². The Bertz CT molecular complexity index is 552. The number of hydrogen-bond acceptors (Lipinski definition) is 2. The minimum Gasteiger partial charge on any atom is -0.485 e. The Hall–Kier alpha value is -1.32. The van der Waals surface area contributed by atoms with Crippen LogP contribution >= 0.6 is 27.5 Å². The average molecular weight is 326 g/mol. The molecule has 0 aliphatic rings. The van der Waals surface area contributed by atoms with Crippen molar-refractivity contribution >= 4 is 33.3 Å².